The molecule has 0 unspecified atom stereocenters. The van der Waals surface area contributed by atoms with Crippen molar-refractivity contribution in [3.05, 3.63) is 11.6 Å². The molecule has 5 heteroatoms. The number of rotatable bonds is 3. The summed E-state index contributed by atoms with van der Waals surface area (Å²) in [6.45, 7) is 0.375. The van der Waals surface area contributed by atoms with E-state index in [0.29, 0.717) is 12.6 Å². The summed E-state index contributed by atoms with van der Waals surface area (Å²) in [4.78, 5) is 3.80. The van der Waals surface area contributed by atoms with E-state index in [9.17, 15) is 8.42 Å². The highest BCUT2D eigenvalue weighted by Gasteiger charge is 2.23. The molecule has 72 valence electrons. The molecule has 1 N–H and O–H groups in total. The highest BCUT2D eigenvalue weighted by Crippen LogP contribution is 2.18. The van der Waals surface area contributed by atoms with Gasteiger partial charge in [0.1, 0.15) is 5.04 Å². The van der Waals surface area contributed by atoms with Gasteiger partial charge >= 0.3 is 0 Å². The summed E-state index contributed by atoms with van der Waals surface area (Å²) in [6.07, 6.45) is 4.89. The molecule has 1 saturated carbocycles. The smallest absolute Gasteiger partial charge is 0.215 e. The topological polar surface area (TPSA) is 58.5 Å². The SMILES string of the molecule is O=S1(=O)C=CN=C1CNC1CCC1. The first kappa shape index (κ1) is 8.90. The van der Waals surface area contributed by atoms with Gasteiger partial charge in [-0.3, -0.25) is 0 Å². The number of hydrogen-bond acceptors (Lipinski definition) is 4. The van der Waals surface area contributed by atoms with Gasteiger partial charge in [-0.1, -0.05) is 6.42 Å². The Morgan fingerprint density at radius 2 is 2.31 bits per heavy atom. The van der Waals surface area contributed by atoms with E-state index in [-0.39, 0.29) is 5.04 Å². The number of nitrogens with zero attached hydrogens (tertiary/aromatic N) is 1. The van der Waals surface area contributed by atoms with Gasteiger partial charge in [-0.05, 0) is 12.8 Å². The van der Waals surface area contributed by atoms with E-state index in [2.05, 4.69) is 10.3 Å². The zero-order valence-corrected chi connectivity index (χ0v) is 8.05. The molecule has 2 aliphatic rings. The average Bonchev–Trinajstić information content (AvgIpc) is 2.27. The highest BCUT2D eigenvalue weighted by atomic mass is 32.2. The van der Waals surface area contributed by atoms with Gasteiger partial charge in [0.15, 0.2) is 0 Å². The summed E-state index contributed by atoms with van der Waals surface area (Å²) >= 11 is 0. The molecule has 13 heavy (non-hydrogen) atoms. The Morgan fingerprint density at radius 1 is 1.54 bits per heavy atom. The van der Waals surface area contributed by atoms with Crippen molar-refractivity contribution in [3.8, 4) is 0 Å². The third-order valence-electron chi connectivity index (χ3n) is 2.43. The lowest BCUT2D eigenvalue weighted by Gasteiger charge is -2.26. The molecule has 1 aliphatic heterocycles. The molecule has 1 fully saturated rings. The predicted octanol–water partition coefficient (Wildman–Crippen LogP) is 0.427. The molecule has 4 nitrogen and oxygen atoms in total. The Labute approximate surface area is 77.7 Å². The van der Waals surface area contributed by atoms with Crippen LogP contribution in [0.15, 0.2) is 16.6 Å². The molecule has 0 radical (unpaired) electrons. The van der Waals surface area contributed by atoms with Crippen LogP contribution in [0.4, 0.5) is 0 Å². The Kier molecular flexibility index (Phi) is 2.21. The predicted molar refractivity (Wildman–Crippen MR) is 51.1 cm³/mol. The molecule has 0 aromatic heterocycles. The van der Waals surface area contributed by atoms with Crippen LogP contribution in [0.2, 0.25) is 0 Å². The summed E-state index contributed by atoms with van der Waals surface area (Å²) in [5, 5.41) is 4.56. The first-order valence-electron chi connectivity index (χ1n) is 4.40. The molecule has 1 aliphatic carbocycles. The molecule has 0 spiro atoms. The minimum atomic E-state index is -3.16. The van der Waals surface area contributed by atoms with Crippen molar-refractivity contribution in [1.29, 1.82) is 0 Å². The van der Waals surface area contributed by atoms with Crippen molar-refractivity contribution in [2.75, 3.05) is 6.54 Å². The van der Waals surface area contributed by atoms with Gasteiger partial charge in [0, 0.05) is 18.8 Å². The van der Waals surface area contributed by atoms with Crippen LogP contribution in [-0.2, 0) is 9.84 Å². The normalized spacial score (nSPS) is 25.7. The van der Waals surface area contributed by atoms with Crippen LogP contribution in [0.25, 0.3) is 0 Å². The minimum absolute atomic E-state index is 0.249. The van der Waals surface area contributed by atoms with Crippen molar-refractivity contribution < 1.29 is 8.42 Å². The fourth-order valence-corrected chi connectivity index (χ4v) is 2.21. The van der Waals surface area contributed by atoms with Crippen LogP contribution in [0, 0.1) is 0 Å². The average molecular weight is 200 g/mol. The van der Waals surface area contributed by atoms with Crippen molar-refractivity contribution >= 4 is 14.9 Å². The maximum atomic E-state index is 11.2. The number of hydrogen-bond donors (Lipinski definition) is 1. The van der Waals surface area contributed by atoms with E-state index in [4.69, 9.17) is 0 Å². The van der Waals surface area contributed by atoms with Gasteiger partial charge in [0.25, 0.3) is 0 Å². The monoisotopic (exact) mass is 200 g/mol. The third kappa shape index (κ3) is 1.81. The number of aliphatic imine (C=N–C) groups is 1. The van der Waals surface area contributed by atoms with Gasteiger partial charge in [0.2, 0.25) is 9.84 Å². The van der Waals surface area contributed by atoms with Crippen molar-refractivity contribution in [2.24, 2.45) is 4.99 Å². The van der Waals surface area contributed by atoms with Crippen LogP contribution < -0.4 is 5.32 Å². The van der Waals surface area contributed by atoms with E-state index in [1.165, 1.54) is 12.6 Å². The highest BCUT2D eigenvalue weighted by molar-refractivity contribution is 8.09. The Balaban J connectivity index is 1.89. The molecule has 0 amide bonds. The summed E-state index contributed by atoms with van der Waals surface area (Å²) in [5.74, 6) is 0. The van der Waals surface area contributed by atoms with Crippen molar-refractivity contribution in [1.82, 2.24) is 5.32 Å². The number of sulfone groups is 1. The van der Waals surface area contributed by atoms with E-state index in [1.807, 2.05) is 0 Å². The van der Waals surface area contributed by atoms with Crippen LogP contribution >= 0.6 is 0 Å². The second-order valence-electron chi connectivity index (χ2n) is 3.36. The van der Waals surface area contributed by atoms with E-state index >= 15 is 0 Å². The maximum Gasteiger partial charge on any atom is 0.215 e. The molecule has 0 atom stereocenters. The number of nitrogens with one attached hydrogen (secondary N) is 1. The lowest BCUT2D eigenvalue weighted by Crippen LogP contribution is -2.39. The summed E-state index contributed by atoms with van der Waals surface area (Å²) in [5.41, 5.74) is 0. The largest absolute Gasteiger partial charge is 0.308 e. The second-order valence-corrected chi connectivity index (χ2v) is 5.20. The lowest BCUT2D eigenvalue weighted by molar-refractivity contribution is 0.355. The zero-order valence-electron chi connectivity index (χ0n) is 7.23. The summed E-state index contributed by atoms with van der Waals surface area (Å²) in [6, 6.07) is 0.499. The molecule has 2 rings (SSSR count). The quantitative estimate of drug-likeness (QED) is 0.718. The standard InChI is InChI=1S/C8H12N2O2S/c11-13(12)5-4-9-8(13)6-10-7-2-1-3-7/h4-5,7,10H,1-3,6H2. The maximum absolute atomic E-state index is 11.2. The third-order valence-corrected chi connectivity index (χ3v) is 3.82. The first-order valence-corrected chi connectivity index (χ1v) is 5.95. The van der Waals surface area contributed by atoms with Gasteiger partial charge in [-0.15, -0.1) is 0 Å². The Morgan fingerprint density at radius 3 is 2.77 bits per heavy atom. The van der Waals surface area contributed by atoms with Crippen LogP contribution in [0.1, 0.15) is 19.3 Å². The second kappa shape index (κ2) is 3.23. The summed E-state index contributed by atoms with van der Waals surface area (Å²) < 4.78 is 22.4. The molecular formula is C8H12N2O2S. The summed E-state index contributed by atoms with van der Waals surface area (Å²) in [7, 11) is -3.16. The lowest BCUT2D eigenvalue weighted by atomic mass is 9.93. The minimum Gasteiger partial charge on any atom is -0.308 e. The van der Waals surface area contributed by atoms with Gasteiger partial charge in [-0.2, -0.15) is 0 Å². The van der Waals surface area contributed by atoms with Crippen LogP contribution in [-0.4, -0.2) is 26.0 Å². The first-order chi connectivity index (χ1) is 6.18. The van der Waals surface area contributed by atoms with E-state index < -0.39 is 9.84 Å². The van der Waals surface area contributed by atoms with Gasteiger partial charge in [-0.25, -0.2) is 13.4 Å². The van der Waals surface area contributed by atoms with Gasteiger partial charge in [0.05, 0.1) is 5.41 Å². The Bertz CT molecular complexity index is 352. The van der Waals surface area contributed by atoms with Crippen LogP contribution in [0.3, 0.4) is 0 Å². The van der Waals surface area contributed by atoms with Crippen molar-refractivity contribution in [2.45, 2.75) is 25.3 Å². The molecule has 0 aromatic rings. The fraction of sp³-hybridized carbons (Fsp3) is 0.625. The molecular weight excluding hydrogens is 188 g/mol. The Hall–Kier alpha value is -0.680. The fourth-order valence-electron chi connectivity index (χ4n) is 1.34. The molecule has 0 bridgehead atoms. The van der Waals surface area contributed by atoms with Crippen LogP contribution in [0.5, 0.6) is 0 Å². The molecule has 1 heterocycles. The van der Waals surface area contributed by atoms with E-state index in [0.717, 1.165) is 18.2 Å². The van der Waals surface area contributed by atoms with Crippen molar-refractivity contribution in [3.63, 3.8) is 0 Å². The molecule has 0 aromatic carbocycles. The van der Waals surface area contributed by atoms with E-state index in [1.54, 1.807) is 0 Å². The zero-order chi connectivity index (χ0) is 9.31. The molecule has 0 saturated heterocycles. The van der Waals surface area contributed by atoms with Gasteiger partial charge < -0.3 is 5.32 Å².